The van der Waals surface area contributed by atoms with E-state index in [4.69, 9.17) is 10.5 Å². The van der Waals surface area contributed by atoms with Crippen molar-refractivity contribution < 1.29 is 13.5 Å². The molecule has 0 radical (unpaired) electrons. The molecule has 1 aliphatic heterocycles. The first-order valence-electron chi connectivity index (χ1n) is 5.54. The highest BCUT2D eigenvalue weighted by Gasteiger charge is 2.37. The molecular formula is C11H16F2N2O. The molecule has 1 heterocycles. The van der Waals surface area contributed by atoms with E-state index in [9.17, 15) is 8.78 Å². The van der Waals surface area contributed by atoms with Crippen molar-refractivity contribution >= 4 is 6.21 Å². The van der Waals surface area contributed by atoms with Gasteiger partial charge in [0.15, 0.2) is 6.23 Å². The van der Waals surface area contributed by atoms with Crippen LogP contribution in [0.5, 0.6) is 0 Å². The summed E-state index contributed by atoms with van der Waals surface area (Å²) in [6, 6.07) is 0. The molecule has 1 saturated carbocycles. The zero-order valence-corrected chi connectivity index (χ0v) is 8.98. The summed E-state index contributed by atoms with van der Waals surface area (Å²) in [5.74, 6) is 0.656. The lowest BCUT2D eigenvalue weighted by Gasteiger charge is -2.25. The van der Waals surface area contributed by atoms with Crippen molar-refractivity contribution in [2.45, 2.75) is 25.5 Å². The number of nitrogens with zero attached hydrogens (tertiary/aromatic N) is 1. The molecule has 16 heavy (non-hydrogen) atoms. The van der Waals surface area contributed by atoms with Gasteiger partial charge in [-0.1, -0.05) is 6.08 Å². The first-order valence-corrected chi connectivity index (χ1v) is 5.54. The van der Waals surface area contributed by atoms with E-state index in [1.54, 1.807) is 6.21 Å². The summed E-state index contributed by atoms with van der Waals surface area (Å²) in [4.78, 5) is 4.17. The second-order valence-corrected chi connectivity index (χ2v) is 4.25. The molecule has 2 rings (SSSR count). The van der Waals surface area contributed by atoms with Gasteiger partial charge in [0.05, 0.1) is 0 Å². The topological polar surface area (TPSA) is 47.6 Å². The summed E-state index contributed by atoms with van der Waals surface area (Å²) < 4.78 is 29.2. The Morgan fingerprint density at radius 1 is 1.50 bits per heavy atom. The van der Waals surface area contributed by atoms with Crippen LogP contribution in [-0.4, -0.2) is 32.0 Å². The van der Waals surface area contributed by atoms with E-state index in [1.807, 2.05) is 6.08 Å². The highest BCUT2D eigenvalue weighted by atomic mass is 19.3. The number of hydrogen-bond acceptors (Lipinski definition) is 3. The number of rotatable bonds is 5. The lowest BCUT2D eigenvalue weighted by Crippen LogP contribution is -2.28. The van der Waals surface area contributed by atoms with Gasteiger partial charge in [-0.15, -0.1) is 0 Å². The summed E-state index contributed by atoms with van der Waals surface area (Å²) >= 11 is 0. The van der Waals surface area contributed by atoms with Crippen LogP contribution in [0.25, 0.3) is 0 Å². The van der Waals surface area contributed by atoms with Crippen molar-refractivity contribution in [3.05, 3.63) is 11.6 Å². The fourth-order valence-electron chi connectivity index (χ4n) is 1.94. The van der Waals surface area contributed by atoms with Crippen molar-refractivity contribution in [1.82, 2.24) is 0 Å². The molecule has 5 heteroatoms. The molecule has 90 valence electrons. The normalized spacial score (nSPS) is 29.6. The lowest BCUT2D eigenvalue weighted by atomic mass is 9.96. The fraction of sp³-hybridized carbons (Fsp3) is 0.727. The number of dihydropyridines is 1. The largest absolute Gasteiger partial charge is 0.350 e. The first-order chi connectivity index (χ1) is 7.70. The zero-order valence-electron chi connectivity index (χ0n) is 8.98. The Labute approximate surface area is 93.4 Å². The van der Waals surface area contributed by atoms with Crippen LogP contribution in [-0.2, 0) is 4.74 Å². The maximum absolute atomic E-state index is 12.1. The quantitative estimate of drug-likeness (QED) is 0.779. The Balaban J connectivity index is 1.96. The highest BCUT2D eigenvalue weighted by molar-refractivity contribution is 5.80. The van der Waals surface area contributed by atoms with E-state index in [2.05, 4.69) is 4.99 Å². The highest BCUT2D eigenvalue weighted by Crippen LogP contribution is 2.41. The smallest absolute Gasteiger partial charge is 0.261 e. The molecular weight excluding hydrogens is 214 g/mol. The average Bonchev–Trinajstić information content (AvgIpc) is 3.10. The predicted octanol–water partition coefficient (Wildman–Crippen LogP) is 1.59. The predicted molar refractivity (Wildman–Crippen MR) is 57.6 cm³/mol. The standard InChI is InChI=1S/C11H16F2N2O/c12-10(13)6-16-11-9(8-1-2-8)3-7(4-14)5-15-11/h3,5,8-11H,1-2,4,6,14H2. The molecule has 1 fully saturated rings. The van der Waals surface area contributed by atoms with Crippen LogP contribution in [0, 0.1) is 11.8 Å². The maximum atomic E-state index is 12.1. The van der Waals surface area contributed by atoms with Gasteiger partial charge < -0.3 is 10.5 Å². The van der Waals surface area contributed by atoms with Gasteiger partial charge in [0.1, 0.15) is 6.61 Å². The van der Waals surface area contributed by atoms with Crippen LogP contribution in [0.3, 0.4) is 0 Å². The number of halogens is 2. The Morgan fingerprint density at radius 3 is 2.81 bits per heavy atom. The van der Waals surface area contributed by atoms with Crippen molar-refractivity contribution in [2.24, 2.45) is 22.6 Å². The molecule has 0 aromatic heterocycles. The minimum atomic E-state index is -2.44. The second-order valence-electron chi connectivity index (χ2n) is 4.25. The molecule has 2 N–H and O–H groups in total. The van der Waals surface area contributed by atoms with Crippen LogP contribution in [0.1, 0.15) is 12.8 Å². The third-order valence-corrected chi connectivity index (χ3v) is 2.92. The van der Waals surface area contributed by atoms with Gasteiger partial charge in [-0.05, 0) is 24.3 Å². The van der Waals surface area contributed by atoms with Gasteiger partial charge in [0, 0.05) is 18.7 Å². The van der Waals surface area contributed by atoms with Gasteiger partial charge in [0.2, 0.25) is 0 Å². The number of ether oxygens (including phenoxy) is 1. The van der Waals surface area contributed by atoms with Crippen LogP contribution in [0.4, 0.5) is 8.78 Å². The van der Waals surface area contributed by atoms with Crippen LogP contribution < -0.4 is 5.73 Å². The maximum Gasteiger partial charge on any atom is 0.261 e. The number of hydrogen-bond donors (Lipinski definition) is 1. The summed E-state index contributed by atoms with van der Waals surface area (Å²) in [6.45, 7) is -0.106. The summed E-state index contributed by atoms with van der Waals surface area (Å²) in [5, 5.41) is 0. The van der Waals surface area contributed by atoms with E-state index in [-0.39, 0.29) is 5.92 Å². The molecule has 0 aromatic carbocycles. The SMILES string of the molecule is NCC1=CC(C2CC2)C(OCC(F)F)N=C1. The molecule has 2 unspecified atom stereocenters. The molecule has 0 spiro atoms. The number of alkyl halides is 2. The number of aliphatic imine (C=N–C) groups is 1. The summed E-state index contributed by atoms with van der Waals surface area (Å²) in [7, 11) is 0. The molecule has 0 bridgehead atoms. The number of nitrogens with two attached hydrogens (primary N) is 1. The van der Waals surface area contributed by atoms with Gasteiger partial charge in [0.25, 0.3) is 6.43 Å². The van der Waals surface area contributed by atoms with Crippen LogP contribution in [0.2, 0.25) is 0 Å². The Hall–Kier alpha value is -0.810. The fourth-order valence-corrected chi connectivity index (χ4v) is 1.94. The van der Waals surface area contributed by atoms with Crippen molar-refractivity contribution in [3.8, 4) is 0 Å². The molecule has 0 aromatic rings. The first kappa shape index (κ1) is 11.7. The van der Waals surface area contributed by atoms with Crippen molar-refractivity contribution in [3.63, 3.8) is 0 Å². The molecule has 0 saturated heterocycles. The van der Waals surface area contributed by atoms with E-state index in [0.29, 0.717) is 12.5 Å². The van der Waals surface area contributed by atoms with Crippen molar-refractivity contribution in [2.75, 3.05) is 13.2 Å². The van der Waals surface area contributed by atoms with Gasteiger partial charge in [-0.3, -0.25) is 4.99 Å². The van der Waals surface area contributed by atoms with E-state index >= 15 is 0 Å². The third kappa shape index (κ3) is 2.86. The Morgan fingerprint density at radius 2 is 2.25 bits per heavy atom. The van der Waals surface area contributed by atoms with E-state index < -0.39 is 19.3 Å². The van der Waals surface area contributed by atoms with Gasteiger partial charge in [-0.25, -0.2) is 8.78 Å². The minimum absolute atomic E-state index is 0.127. The average molecular weight is 230 g/mol. The zero-order chi connectivity index (χ0) is 11.5. The Kier molecular flexibility index (Phi) is 3.66. The van der Waals surface area contributed by atoms with E-state index in [1.165, 1.54) is 0 Å². The molecule has 3 nitrogen and oxygen atoms in total. The molecule has 1 aliphatic carbocycles. The van der Waals surface area contributed by atoms with E-state index in [0.717, 1.165) is 18.4 Å². The summed E-state index contributed by atoms with van der Waals surface area (Å²) in [5.41, 5.74) is 6.50. The Bertz CT molecular complexity index is 300. The van der Waals surface area contributed by atoms with Crippen molar-refractivity contribution in [1.29, 1.82) is 0 Å². The molecule has 2 aliphatic rings. The lowest BCUT2D eigenvalue weighted by molar-refractivity contribution is -0.0390. The second kappa shape index (κ2) is 5.01. The van der Waals surface area contributed by atoms with Crippen LogP contribution in [0.15, 0.2) is 16.6 Å². The minimum Gasteiger partial charge on any atom is -0.350 e. The summed E-state index contributed by atoms with van der Waals surface area (Å²) in [6.07, 6.45) is 3.04. The van der Waals surface area contributed by atoms with Gasteiger partial charge in [-0.2, -0.15) is 0 Å². The third-order valence-electron chi connectivity index (χ3n) is 2.92. The van der Waals surface area contributed by atoms with Crippen LogP contribution >= 0.6 is 0 Å². The molecule has 0 amide bonds. The van der Waals surface area contributed by atoms with Gasteiger partial charge >= 0.3 is 0 Å². The molecule has 2 atom stereocenters. The monoisotopic (exact) mass is 230 g/mol.